The van der Waals surface area contributed by atoms with Gasteiger partial charge in [0, 0.05) is 11.6 Å². The van der Waals surface area contributed by atoms with Crippen molar-refractivity contribution in [2.45, 2.75) is 13.3 Å². The number of aromatic carboxylic acids is 1. The Morgan fingerprint density at radius 1 is 1.56 bits per heavy atom. The molecule has 0 amide bonds. The third kappa shape index (κ3) is 1.94. The van der Waals surface area contributed by atoms with E-state index in [2.05, 4.69) is 9.97 Å². The van der Waals surface area contributed by atoms with E-state index >= 15 is 0 Å². The first-order chi connectivity index (χ1) is 7.72. The Labute approximate surface area is 96.6 Å². The zero-order chi connectivity index (χ0) is 11.5. The molecule has 4 nitrogen and oxygen atoms in total. The largest absolute Gasteiger partial charge is 0.476 e. The van der Waals surface area contributed by atoms with Gasteiger partial charge < -0.3 is 5.11 Å². The van der Waals surface area contributed by atoms with Gasteiger partial charge in [-0.2, -0.15) is 0 Å². The summed E-state index contributed by atoms with van der Waals surface area (Å²) in [6.45, 7) is 2.03. The number of hydrogen-bond acceptors (Lipinski definition) is 4. The summed E-state index contributed by atoms with van der Waals surface area (Å²) in [7, 11) is 0. The first-order valence-corrected chi connectivity index (χ1v) is 5.73. The number of hydrogen-bond donors (Lipinski definition) is 1. The van der Waals surface area contributed by atoms with Crippen molar-refractivity contribution in [1.29, 1.82) is 0 Å². The molecule has 2 aromatic rings. The van der Waals surface area contributed by atoms with Crippen LogP contribution in [-0.4, -0.2) is 21.0 Å². The Morgan fingerprint density at radius 3 is 3.00 bits per heavy atom. The second kappa shape index (κ2) is 4.40. The van der Waals surface area contributed by atoms with Crippen LogP contribution in [0.15, 0.2) is 23.7 Å². The highest BCUT2D eigenvalue weighted by atomic mass is 32.1. The fourth-order valence-electron chi connectivity index (χ4n) is 1.40. The number of carbonyl (C=O) groups is 1. The zero-order valence-corrected chi connectivity index (χ0v) is 9.49. The predicted octanol–water partition coefficient (Wildman–Crippen LogP) is 2.47. The summed E-state index contributed by atoms with van der Waals surface area (Å²) < 4.78 is 0. The molecular formula is C11H10N2O2S. The molecule has 2 rings (SSSR count). The third-order valence-electron chi connectivity index (χ3n) is 2.20. The number of aromatic nitrogens is 2. The fraction of sp³-hybridized carbons (Fsp3) is 0.182. The number of carboxylic acid groups (broad SMARTS) is 1. The van der Waals surface area contributed by atoms with Crippen LogP contribution in [0.4, 0.5) is 0 Å². The maximum atomic E-state index is 10.7. The number of aryl methyl sites for hydroxylation is 1. The number of thiazole rings is 1. The van der Waals surface area contributed by atoms with Gasteiger partial charge >= 0.3 is 5.97 Å². The first-order valence-electron chi connectivity index (χ1n) is 4.85. The summed E-state index contributed by atoms with van der Waals surface area (Å²) in [5, 5.41) is 11.0. The van der Waals surface area contributed by atoms with Crippen molar-refractivity contribution in [1.82, 2.24) is 9.97 Å². The molecule has 1 N–H and O–H groups in total. The molecule has 0 aliphatic rings. The van der Waals surface area contributed by atoms with Crippen molar-refractivity contribution in [3.63, 3.8) is 0 Å². The van der Waals surface area contributed by atoms with Crippen LogP contribution >= 0.6 is 11.3 Å². The summed E-state index contributed by atoms with van der Waals surface area (Å²) in [6, 6.07) is 3.85. The van der Waals surface area contributed by atoms with E-state index in [1.54, 1.807) is 6.20 Å². The Kier molecular flexibility index (Phi) is 2.96. The van der Waals surface area contributed by atoms with Crippen LogP contribution in [0, 0.1) is 0 Å². The van der Waals surface area contributed by atoms with E-state index < -0.39 is 5.97 Å². The molecule has 0 aromatic carbocycles. The minimum atomic E-state index is -1.00. The van der Waals surface area contributed by atoms with Gasteiger partial charge in [-0.15, -0.1) is 11.3 Å². The Morgan fingerprint density at radius 2 is 2.38 bits per heavy atom. The van der Waals surface area contributed by atoms with Crippen LogP contribution in [0.3, 0.4) is 0 Å². The van der Waals surface area contributed by atoms with E-state index in [1.807, 2.05) is 19.1 Å². The number of carboxylic acids is 1. The average Bonchev–Trinajstić information content (AvgIpc) is 2.78. The van der Waals surface area contributed by atoms with Crippen LogP contribution in [0.25, 0.3) is 10.7 Å². The molecule has 0 spiro atoms. The quantitative estimate of drug-likeness (QED) is 0.886. The highest BCUT2D eigenvalue weighted by Gasteiger charge is 2.12. The summed E-state index contributed by atoms with van der Waals surface area (Å²) in [6.07, 6.45) is 2.54. The van der Waals surface area contributed by atoms with Crippen LogP contribution in [0.2, 0.25) is 0 Å². The molecule has 2 heterocycles. The molecule has 2 aromatic heterocycles. The number of nitrogens with zero attached hydrogens (tertiary/aromatic N) is 2. The van der Waals surface area contributed by atoms with E-state index in [9.17, 15) is 4.79 Å². The van der Waals surface area contributed by atoms with Crippen molar-refractivity contribution < 1.29 is 9.90 Å². The van der Waals surface area contributed by atoms with Gasteiger partial charge in [-0.05, 0) is 18.1 Å². The topological polar surface area (TPSA) is 63.1 Å². The van der Waals surface area contributed by atoms with Gasteiger partial charge in [0.1, 0.15) is 10.7 Å². The smallest absolute Gasteiger partial charge is 0.355 e. The molecule has 0 radical (unpaired) electrons. The van der Waals surface area contributed by atoms with Gasteiger partial charge in [0.25, 0.3) is 0 Å². The van der Waals surface area contributed by atoms with Gasteiger partial charge in [-0.25, -0.2) is 9.78 Å². The molecule has 0 saturated carbocycles. The molecular weight excluding hydrogens is 224 g/mol. The summed E-state index contributed by atoms with van der Waals surface area (Å²) in [5.74, 6) is -1.00. The maximum absolute atomic E-state index is 10.7. The van der Waals surface area contributed by atoms with Gasteiger partial charge in [0.2, 0.25) is 0 Å². The predicted molar refractivity (Wildman–Crippen MR) is 61.7 cm³/mol. The summed E-state index contributed by atoms with van der Waals surface area (Å²) >= 11 is 1.31. The fourth-order valence-corrected chi connectivity index (χ4v) is 2.22. The lowest BCUT2D eigenvalue weighted by Gasteiger charge is -2.01. The molecule has 5 heteroatoms. The maximum Gasteiger partial charge on any atom is 0.355 e. The van der Waals surface area contributed by atoms with Gasteiger partial charge in [-0.3, -0.25) is 4.98 Å². The molecule has 0 aliphatic carbocycles. The average molecular weight is 234 g/mol. The van der Waals surface area contributed by atoms with E-state index in [-0.39, 0.29) is 5.69 Å². The van der Waals surface area contributed by atoms with E-state index in [1.165, 1.54) is 16.7 Å². The number of rotatable bonds is 3. The van der Waals surface area contributed by atoms with Crippen LogP contribution in [0.5, 0.6) is 0 Å². The highest BCUT2D eigenvalue weighted by molar-refractivity contribution is 7.13. The van der Waals surface area contributed by atoms with Crippen molar-refractivity contribution in [3.8, 4) is 10.7 Å². The second-order valence-electron chi connectivity index (χ2n) is 3.21. The Bertz CT molecular complexity index is 522. The lowest BCUT2D eigenvalue weighted by atomic mass is 10.1. The molecule has 0 unspecified atom stereocenters. The van der Waals surface area contributed by atoms with E-state index in [4.69, 9.17) is 5.11 Å². The molecule has 0 atom stereocenters. The zero-order valence-electron chi connectivity index (χ0n) is 8.67. The van der Waals surface area contributed by atoms with Gasteiger partial charge in [0.05, 0.1) is 0 Å². The van der Waals surface area contributed by atoms with Crippen molar-refractivity contribution in [2.24, 2.45) is 0 Å². The van der Waals surface area contributed by atoms with Gasteiger partial charge in [0.15, 0.2) is 5.69 Å². The molecule has 0 aliphatic heterocycles. The summed E-state index contributed by atoms with van der Waals surface area (Å²) in [5.41, 5.74) is 1.93. The molecule has 0 fully saturated rings. The summed E-state index contributed by atoms with van der Waals surface area (Å²) in [4.78, 5) is 19.0. The second-order valence-corrected chi connectivity index (χ2v) is 4.07. The minimum Gasteiger partial charge on any atom is -0.476 e. The SMILES string of the molecule is CCc1cccnc1-c1nc(C(=O)O)cs1. The first kappa shape index (κ1) is 10.8. The van der Waals surface area contributed by atoms with E-state index in [0.717, 1.165) is 17.7 Å². The normalized spacial score (nSPS) is 10.3. The monoisotopic (exact) mass is 234 g/mol. The van der Waals surface area contributed by atoms with Crippen molar-refractivity contribution in [3.05, 3.63) is 35.0 Å². The van der Waals surface area contributed by atoms with Crippen LogP contribution in [-0.2, 0) is 6.42 Å². The van der Waals surface area contributed by atoms with Crippen molar-refractivity contribution in [2.75, 3.05) is 0 Å². The van der Waals surface area contributed by atoms with Crippen LogP contribution in [0.1, 0.15) is 23.0 Å². The molecule has 16 heavy (non-hydrogen) atoms. The Hall–Kier alpha value is -1.75. The minimum absolute atomic E-state index is 0.0766. The highest BCUT2D eigenvalue weighted by Crippen LogP contribution is 2.25. The van der Waals surface area contributed by atoms with E-state index in [0.29, 0.717) is 5.01 Å². The molecule has 0 bridgehead atoms. The van der Waals surface area contributed by atoms with Crippen LogP contribution < -0.4 is 0 Å². The van der Waals surface area contributed by atoms with Crippen molar-refractivity contribution >= 4 is 17.3 Å². The van der Waals surface area contributed by atoms with Gasteiger partial charge in [-0.1, -0.05) is 13.0 Å². The number of pyridine rings is 1. The lowest BCUT2D eigenvalue weighted by molar-refractivity contribution is 0.0691. The standard InChI is InChI=1S/C11H10N2O2S/c1-2-7-4-3-5-12-9(7)10-13-8(6-16-10)11(14)15/h3-6H,2H2,1H3,(H,14,15). The molecule has 0 saturated heterocycles. The molecule has 82 valence electrons. The lowest BCUT2D eigenvalue weighted by Crippen LogP contribution is -1.96. The third-order valence-corrected chi connectivity index (χ3v) is 3.05. The Balaban J connectivity index is 2.46.